The van der Waals surface area contributed by atoms with Crippen LogP contribution in [0.5, 0.6) is 0 Å². The summed E-state index contributed by atoms with van der Waals surface area (Å²) in [6, 6.07) is 0. The number of allylic oxidation sites excluding steroid dienone is 2. The minimum Gasteiger partial charge on any atom is -0.327 e. The van der Waals surface area contributed by atoms with E-state index in [1.807, 2.05) is 0 Å². The van der Waals surface area contributed by atoms with Crippen LogP contribution >= 0.6 is 7.80 Å². The van der Waals surface area contributed by atoms with E-state index in [2.05, 4.69) is 19.9 Å². The Morgan fingerprint density at radius 3 is 2.70 bits per heavy atom. The molecule has 1 unspecified atom stereocenters. The van der Waals surface area contributed by atoms with Crippen LogP contribution in [-0.4, -0.2) is 12.3 Å². The molecule has 1 aliphatic rings. The standard InChI is InChI=1S/C8H15OP/c1-7(2)8-3-5-10(9)6-4-8/h3,7,10H,4-6H2,1-2H3. The summed E-state index contributed by atoms with van der Waals surface area (Å²) in [5, 5.41) is 0. The maximum Gasteiger partial charge on any atom is 0.0801 e. The smallest absolute Gasteiger partial charge is 0.0801 e. The van der Waals surface area contributed by atoms with Gasteiger partial charge in [0, 0.05) is 12.3 Å². The Balaban J connectivity index is 2.56. The molecule has 0 aliphatic carbocycles. The van der Waals surface area contributed by atoms with Crippen LogP contribution in [0.25, 0.3) is 0 Å². The van der Waals surface area contributed by atoms with Gasteiger partial charge in [-0.25, -0.2) is 0 Å². The van der Waals surface area contributed by atoms with Gasteiger partial charge in [0.05, 0.1) is 7.80 Å². The highest BCUT2D eigenvalue weighted by Crippen LogP contribution is 2.31. The summed E-state index contributed by atoms with van der Waals surface area (Å²) < 4.78 is 11.0. The first-order valence-corrected chi connectivity index (χ1v) is 5.73. The zero-order chi connectivity index (χ0) is 7.56. The predicted octanol–water partition coefficient (Wildman–Crippen LogP) is 2.53. The third-order valence-corrected chi connectivity index (χ3v) is 3.49. The van der Waals surface area contributed by atoms with Gasteiger partial charge in [0.1, 0.15) is 0 Å². The van der Waals surface area contributed by atoms with Crippen molar-refractivity contribution in [1.82, 2.24) is 0 Å². The molecule has 0 fully saturated rings. The Hall–Kier alpha value is -0.0300. The SMILES string of the molecule is CC(C)C1=CC[PH](=O)CC1. The average molecular weight is 158 g/mol. The van der Waals surface area contributed by atoms with Gasteiger partial charge >= 0.3 is 0 Å². The van der Waals surface area contributed by atoms with E-state index < -0.39 is 7.80 Å². The summed E-state index contributed by atoms with van der Waals surface area (Å²) in [5.74, 6) is 0.662. The van der Waals surface area contributed by atoms with Crippen molar-refractivity contribution in [3.05, 3.63) is 11.6 Å². The molecule has 0 spiro atoms. The average Bonchev–Trinajstić information content (AvgIpc) is 1.88. The number of hydrogen-bond donors (Lipinski definition) is 0. The predicted molar refractivity (Wildman–Crippen MR) is 46.3 cm³/mol. The maximum atomic E-state index is 11.0. The van der Waals surface area contributed by atoms with E-state index in [4.69, 9.17) is 0 Å². The van der Waals surface area contributed by atoms with E-state index in [-0.39, 0.29) is 0 Å². The van der Waals surface area contributed by atoms with E-state index in [0.29, 0.717) is 5.92 Å². The summed E-state index contributed by atoms with van der Waals surface area (Å²) in [4.78, 5) is 0. The van der Waals surface area contributed by atoms with E-state index in [1.54, 1.807) is 0 Å². The molecule has 0 aromatic rings. The second kappa shape index (κ2) is 3.39. The monoisotopic (exact) mass is 158 g/mol. The van der Waals surface area contributed by atoms with Gasteiger partial charge in [-0.05, 0) is 12.3 Å². The number of hydrogen-bond acceptors (Lipinski definition) is 1. The zero-order valence-electron chi connectivity index (χ0n) is 6.68. The van der Waals surface area contributed by atoms with Crippen molar-refractivity contribution in [3.8, 4) is 0 Å². The molecule has 1 nitrogen and oxygen atoms in total. The van der Waals surface area contributed by atoms with E-state index in [9.17, 15) is 4.57 Å². The molecular formula is C8H15OP. The molecule has 1 heterocycles. The van der Waals surface area contributed by atoms with Crippen molar-refractivity contribution in [2.45, 2.75) is 20.3 Å². The van der Waals surface area contributed by atoms with Crippen molar-refractivity contribution in [2.75, 3.05) is 12.3 Å². The van der Waals surface area contributed by atoms with E-state index in [1.165, 1.54) is 5.57 Å². The Morgan fingerprint density at radius 2 is 2.30 bits per heavy atom. The lowest BCUT2D eigenvalue weighted by Crippen LogP contribution is -2.01. The highest BCUT2D eigenvalue weighted by Gasteiger charge is 2.10. The lowest BCUT2D eigenvalue weighted by Gasteiger charge is -2.15. The van der Waals surface area contributed by atoms with Crippen LogP contribution in [0.2, 0.25) is 0 Å². The fourth-order valence-electron chi connectivity index (χ4n) is 1.26. The van der Waals surface area contributed by atoms with Crippen molar-refractivity contribution >= 4 is 7.80 Å². The van der Waals surface area contributed by atoms with Crippen molar-refractivity contribution in [3.63, 3.8) is 0 Å². The van der Waals surface area contributed by atoms with Crippen LogP contribution in [0.1, 0.15) is 20.3 Å². The molecule has 0 saturated heterocycles. The first-order chi connectivity index (χ1) is 4.70. The summed E-state index contributed by atoms with van der Waals surface area (Å²) in [5.41, 5.74) is 1.50. The van der Waals surface area contributed by atoms with Crippen LogP contribution in [0.3, 0.4) is 0 Å². The van der Waals surface area contributed by atoms with Crippen LogP contribution in [0.15, 0.2) is 11.6 Å². The molecule has 58 valence electrons. The molecule has 0 bridgehead atoms. The van der Waals surface area contributed by atoms with Gasteiger partial charge in [0.15, 0.2) is 0 Å². The van der Waals surface area contributed by atoms with Gasteiger partial charge < -0.3 is 4.57 Å². The molecular weight excluding hydrogens is 143 g/mol. The molecule has 1 atom stereocenters. The Kier molecular flexibility index (Phi) is 2.73. The zero-order valence-corrected chi connectivity index (χ0v) is 7.68. The largest absolute Gasteiger partial charge is 0.327 e. The van der Waals surface area contributed by atoms with Crippen molar-refractivity contribution < 1.29 is 4.57 Å². The van der Waals surface area contributed by atoms with Crippen molar-refractivity contribution in [2.24, 2.45) is 5.92 Å². The molecule has 0 aromatic carbocycles. The Bertz CT molecular complexity index is 170. The molecule has 0 N–H and O–H groups in total. The molecule has 0 saturated carbocycles. The molecule has 2 heteroatoms. The third-order valence-electron chi connectivity index (χ3n) is 2.03. The first-order valence-electron chi connectivity index (χ1n) is 3.91. The molecule has 0 aromatic heterocycles. The van der Waals surface area contributed by atoms with Crippen molar-refractivity contribution in [1.29, 1.82) is 0 Å². The Labute approximate surface area is 63.3 Å². The van der Waals surface area contributed by atoms with Gasteiger partial charge in [0.25, 0.3) is 0 Å². The highest BCUT2D eigenvalue weighted by molar-refractivity contribution is 7.44. The van der Waals surface area contributed by atoms with Gasteiger partial charge in [0.2, 0.25) is 0 Å². The fourth-order valence-corrected chi connectivity index (χ4v) is 2.52. The fraction of sp³-hybridized carbons (Fsp3) is 0.750. The topological polar surface area (TPSA) is 17.1 Å². The van der Waals surface area contributed by atoms with Crippen LogP contribution in [-0.2, 0) is 4.57 Å². The number of rotatable bonds is 1. The van der Waals surface area contributed by atoms with E-state index in [0.717, 1.165) is 18.7 Å². The lowest BCUT2D eigenvalue weighted by atomic mass is 10.0. The second-order valence-electron chi connectivity index (χ2n) is 3.18. The van der Waals surface area contributed by atoms with Gasteiger partial charge in [-0.1, -0.05) is 25.5 Å². The van der Waals surface area contributed by atoms with Gasteiger partial charge in [-0.15, -0.1) is 0 Å². The summed E-state index contributed by atoms with van der Waals surface area (Å²) >= 11 is 0. The third kappa shape index (κ3) is 1.98. The summed E-state index contributed by atoms with van der Waals surface area (Å²) in [6.45, 7) is 4.41. The quantitative estimate of drug-likeness (QED) is 0.423. The molecule has 0 amide bonds. The maximum absolute atomic E-state index is 11.0. The molecule has 10 heavy (non-hydrogen) atoms. The normalized spacial score (nSPS) is 26.7. The van der Waals surface area contributed by atoms with Gasteiger partial charge in [-0.2, -0.15) is 0 Å². The highest BCUT2D eigenvalue weighted by atomic mass is 31.1. The summed E-state index contributed by atoms with van der Waals surface area (Å²) in [6.07, 6.45) is 5.07. The molecule has 0 radical (unpaired) electrons. The van der Waals surface area contributed by atoms with Crippen LogP contribution in [0, 0.1) is 5.92 Å². The van der Waals surface area contributed by atoms with Crippen LogP contribution < -0.4 is 0 Å². The van der Waals surface area contributed by atoms with Gasteiger partial charge in [-0.3, -0.25) is 0 Å². The van der Waals surface area contributed by atoms with E-state index >= 15 is 0 Å². The Morgan fingerprint density at radius 1 is 1.60 bits per heavy atom. The minimum absolute atomic E-state index is 0.662. The minimum atomic E-state index is -1.19. The molecule has 1 aliphatic heterocycles. The molecule has 1 rings (SSSR count). The van der Waals surface area contributed by atoms with Crippen LogP contribution in [0.4, 0.5) is 0 Å². The first kappa shape index (κ1) is 8.07. The summed E-state index contributed by atoms with van der Waals surface area (Å²) in [7, 11) is -1.19. The lowest BCUT2D eigenvalue weighted by molar-refractivity contribution is 0.585. The second-order valence-corrected chi connectivity index (χ2v) is 5.16.